The lowest BCUT2D eigenvalue weighted by Gasteiger charge is -2.28. The van der Waals surface area contributed by atoms with E-state index in [9.17, 15) is 15.2 Å². The summed E-state index contributed by atoms with van der Waals surface area (Å²) in [5.41, 5.74) is 2.83. The third-order valence-corrected chi connectivity index (χ3v) is 4.32. The molecule has 0 radical (unpaired) electrons. The number of rotatable bonds is 1. The van der Waals surface area contributed by atoms with Gasteiger partial charge in [-0.3, -0.25) is 4.79 Å². The maximum atomic E-state index is 12.2. The number of benzene rings is 1. The zero-order valence-electron chi connectivity index (χ0n) is 16.0. The lowest BCUT2D eigenvalue weighted by atomic mass is 9.77. The number of hydrogen-bond acceptors (Lipinski definition) is 3. The SMILES string of the molecule is Cc1cc(-c2cc(C(C)(C)C)c(O)c(C(C)(C)C)c2)c(C#N)c(=O)[nH]1. The van der Waals surface area contributed by atoms with Gasteiger partial charge in [-0.2, -0.15) is 5.26 Å². The molecule has 25 heavy (non-hydrogen) atoms. The number of nitriles is 1. The third-order valence-electron chi connectivity index (χ3n) is 4.32. The molecule has 4 nitrogen and oxygen atoms in total. The number of pyridine rings is 1. The monoisotopic (exact) mass is 338 g/mol. The minimum atomic E-state index is -0.389. The van der Waals surface area contributed by atoms with Crippen molar-refractivity contribution in [2.24, 2.45) is 0 Å². The predicted molar refractivity (Wildman–Crippen MR) is 101 cm³/mol. The number of aromatic hydroxyl groups is 1. The van der Waals surface area contributed by atoms with Crippen molar-refractivity contribution >= 4 is 0 Å². The highest BCUT2D eigenvalue weighted by molar-refractivity contribution is 5.74. The Labute approximate surface area is 149 Å². The molecule has 0 aliphatic carbocycles. The second-order valence-corrected chi connectivity index (χ2v) is 8.60. The maximum Gasteiger partial charge on any atom is 0.266 e. The van der Waals surface area contributed by atoms with Crippen molar-refractivity contribution < 1.29 is 5.11 Å². The molecule has 0 bridgehead atoms. The first-order chi connectivity index (χ1) is 11.4. The Morgan fingerprint density at radius 2 is 1.48 bits per heavy atom. The van der Waals surface area contributed by atoms with Gasteiger partial charge >= 0.3 is 0 Å². The largest absolute Gasteiger partial charge is 0.507 e. The molecular formula is C21H26N2O2. The van der Waals surface area contributed by atoms with E-state index >= 15 is 0 Å². The quantitative estimate of drug-likeness (QED) is 0.802. The molecule has 4 heteroatoms. The van der Waals surface area contributed by atoms with Gasteiger partial charge < -0.3 is 10.1 Å². The molecular weight excluding hydrogens is 312 g/mol. The standard InChI is InChI=1S/C21H26N2O2/c1-12-8-14(15(11-22)19(25)23-12)13-9-16(20(2,3)4)18(24)17(10-13)21(5,6)7/h8-10,24H,1-7H3,(H,23,25). The molecule has 0 unspecified atom stereocenters. The highest BCUT2D eigenvalue weighted by atomic mass is 16.3. The van der Waals surface area contributed by atoms with Crippen molar-refractivity contribution in [1.82, 2.24) is 4.98 Å². The lowest BCUT2D eigenvalue weighted by molar-refractivity contribution is 0.423. The van der Waals surface area contributed by atoms with Crippen LogP contribution in [0.4, 0.5) is 0 Å². The van der Waals surface area contributed by atoms with Crippen LogP contribution in [-0.2, 0) is 10.8 Å². The van der Waals surface area contributed by atoms with Crippen LogP contribution < -0.4 is 5.56 Å². The molecule has 1 aromatic carbocycles. The maximum absolute atomic E-state index is 12.2. The fourth-order valence-electron chi connectivity index (χ4n) is 2.96. The highest BCUT2D eigenvalue weighted by Crippen LogP contribution is 2.42. The Kier molecular flexibility index (Phi) is 4.57. The van der Waals surface area contributed by atoms with E-state index in [1.54, 1.807) is 6.92 Å². The first-order valence-electron chi connectivity index (χ1n) is 8.38. The molecule has 0 spiro atoms. The minimum absolute atomic E-state index is 0.0935. The van der Waals surface area contributed by atoms with Crippen molar-refractivity contribution in [2.45, 2.75) is 59.3 Å². The van der Waals surface area contributed by atoms with E-state index in [1.807, 2.05) is 65.8 Å². The Balaban J connectivity index is 2.94. The fraction of sp³-hybridized carbons (Fsp3) is 0.429. The summed E-state index contributed by atoms with van der Waals surface area (Å²) < 4.78 is 0. The van der Waals surface area contributed by atoms with Crippen LogP contribution in [0.2, 0.25) is 0 Å². The van der Waals surface area contributed by atoms with E-state index in [2.05, 4.69) is 4.98 Å². The minimum Gasteiger partial charge on any atom is -0.507 e. The highest BCUT2D eigenvalue weighted by Gasteiger charge is 2.27. The summed E-state index contributed by atoms with van der Waals surface area (Å²) in [6, 6.07) is 7.60. The Bertz CT molecular complexity index is 882. The van der Waals surface area contributed by atoms with Crippen LogP contribution in [0.25, 0.3) is 11.1 Å². The molecule has 1 heterocycles. The predicted octanol–water partition coefficient (Wildman–Crippen LogP) is 4.52. The van der Waals surface area contributed by atoms with Crippen molar-refractivity contribution in [2.75, 3.05) is 0 Å². The van der Waals surface area contributed by atoms with Gasteiger partial charge in [0.15, 0.2) is 0 Å². The van der Waals surface area contributed by atoms with Crippen molar-refractivity contribution in [3.05, 3.63) is 50.9 Å². The van der Waals surface area contributed by atoms with Crippen LogP contribution in [0.5, 0.6) is 5.75 Å². The summed E-state index contributed by atoms with van der Waals surface area (Å²) >= 11 is 0. The summed E-state index contributed by atoms with van der Waals surface area (Å²) in [6.45, 7) is 14.0. The number of hydrogen-bond donors (Lipinski definition) is 2. The van der Waals surface area contributed by atoms with Crippen LogP contribution in [-0.4, -0.2) is 10.1 Å². The molecule has 0 atom stereocenters. The van der Waals surface area contributed by atoms with Gasteiger partial charge in [-0.15, -0.1) is 0 Å². The van der Waals surface area contributed by atoms with Gasteiger partial charge in [-0.25, -0.2) is 0 Å². The zero-order chi connectivity index (χ0) is 19.2. The van der Waals surface area contributed by atoms with Crippen LogP contribution in [0.15, 0.2) is 23.0 Å². The van der Waals surface area contributed by atoms with Crippen LogP contribution in [0.1, 0.15) is 63.9 Å². The van der Waals surface area contributed by atoms with Gasteiger partial charge in [0, 0.05) is 22.4 Å². The Morgan fingerprint density at radius 3 is 1.88 bits per heavy atom. The van der Waals surface area contributed by atoms with Crippen LogP contribution in [0.3, 0.4) is 0 Å². The molecule has 0 amide bonds. The number of aromatic amines is 1. The van der Waals surface area contributed by atoms with Gasteiger partial charge in [-0.1, -0.05) is 41.5 Å². The van der Waals surface area contributed by atoms with E-state index in [-0.39, 0.29) is 27.7 Å². The second kappa shape index (κ2) is 6.07. The molecule has 0 saturated heterocycles. The van der Waals surface area contributed by atoms with Crippen molar-refractivity contribution in [3.63, 3.8) is 0 Å². The number of H-pyrrole nitrogens is 1. The first-order valence-corrected chi connectivity index (χ1v) is 8.38. The average Bonchev–Trinajstić information content (AvgIpc) is 2.44. The summed E-state index contributed by atoms with van der Waals surface area (Å²) in [5.74, 6) is 0.281. The summed E-state index contributed by atoms with van der Waals surface area (Å²) in [4.78, 5) is 14.8. The molecule has 0 saturated carbocycles. The van der Waals surface area contributed by atoms with Gasteiger partial charge in [0.05, 0.1) is 0 Å². The summed E-state index contributed by atoms with van der Waals surface area (Å²) in [5, 5.41) is 20.3. The van der Waals surface area contributed by atoms with E-state index in [0.717, 1.165) is 16.7 Å². The average molecular weight is 338 g/mol. The van der Waals surface area contributed by atoms with E-state index in [4.69, 9.17) is 0 Å². The summed E-state index contributed by atoms with van der Waals surface area (Å²) in [6.07, 6.45) is 0. The smallest absolute Gasteiger partial charge is 0.266 e. The number of phenols is 1. The molecule has 2 aromatic rings. The lowest BCUT2D eigenvalue weighted by Crippen LogP contribution is -2.18. The summed E-state index contributed by atoms with van der Waals surface area (Å²) in [7, 11) is 0. The molecule has 2 N–H and O–H groups in total. The van der Waals surface area contributed by atoms with E-state index < -0.39 is 0 Å². The topological polar surface area (TPSA) is 76.9 Å². The molecule has 132 valence electrons. The second-order valence-electron chi connectivity index (χ2n) is 8.60. The molecule has 0 aliphatic rings. The van der Waals surface area contributed by atoms with Gasteiger partial charge in [0.25, 0.3) is 5.56 Å². The first kappa shape index (κ1) is 18.8. The van der Waals surface area contributed by atoms with Gasteiger partial charge in [0.1, 0.15) is 17.4 Å². The third kappa shape index (κ3) is 3.61. The normalized spacial score (nSPS) is 12.1. The van der Waals surface area contributed by atoms with Crippen LogP contribution in [0, 0.1) is 18.3 Å². The number of phenolic OH excluding ortho intramolecular Hbond substituents is 1. The number of nitrogens with zero attached hydrogens (tertiary/aromatic N) is 1. The van der Waals surface area contributed by atoms with Crippen LogP contribution >= 0.6 is 0 Å². The number of aryl methyl sites for hydroxylation is 1. The molecule has 2 rings (SSSR count). The number of nitrogens with one attached hydrogen (secondary N) is 1. The Morgan fingerprint density at radius 1 is 1.00 bits per heavy atom. The molecule has 0 fully saturated rings. The zero-order valence-corrected chi connectivity index (χ0v) is 16.0. The van der Waals surface area contributed by atoms with Crippen molar-refractivity contribution in [1.29, 1.82) is 5.26 Å². The molecule has 1 aromatic heterocycles. The van der Waals surface area contributed by atoms with Gasteiger partial charge in [0.2, 0.25) is 0 Å². The fourth-order valence-corrected chi connectivity index (χ4v) is 2.96. The van der Waals surface area contributed by atoms with Crippen molar-refractivity contribution in [3.8, 4) is 22.9 Å². The van der Waals surface area contributed by atoms with E-state index in [1.165, 1.54) is 0 Å². The molecule has 0 aliphatic heterocycles. The number of aromatic nitrogens is 1. The Hall–Kier alpha value is -2.54. The van der Waals surface area contributed by atoms with E-state index in [0.29, 0.717) is 11.3 Å². The van der Waals surface area contributed by atoms with Gasteiger partial charge in [-0.05, 0) is 41.5 Å².